The molecule has 0 aromatic carbocycles. The number of alkyl halides is 3. The van der Waals surface area contributed by atoms with E-state index in [9.17, 15) is 22.8 Å². The van der Waals surface area contributed by atoms with E-state index < -0.39 is 29.4 Å². The summed E-state index contributed by atoms with van der Waals surface area (Å²) in [5.74, 6) is -2.82. The van der Waals surface area contributed by atoms with Crippen molar-refractivity contribution in [1.82, 2.24) is 5.32 Å². The predicted molar refractivity (Wildman–Crippen MR) is 51.3 cm³/mol. The average molecular weight is 296 g/mol. The Balaban J connectivity index is 2.55. The van der Waals surface area contributed by atoms with E-state index in [-0.39, 0.29) is 16.6 Å². The fourth-order valence-corrected chi connectivity index (χ4v) is 2.29. The average Bonchev–Trinajstić information content (AvgIpc) is 2.42. The topological polar surface area (TPSA) is 46.2 Å². The van der Waals surface area contributed by atoms with E-state index in [4.69, 9.17) is 0 Å². The Bertz CT molecular complexity index is 450. The van der Waals surface area contributed by atoms with Crippen molar-refractivity contribution in [3.05, 3.63) is 21.8 Å². The SMILES string of the molecule is O=C1NC2=C(C(F)(F)F)C=C(Br)CC2C1=O. The fourth-order valence-electron chi connectivity index (χ4n) is 1.73. The molecule has 16 heavy (non-hydrogen) atoms. The number of allylic oxidation sites excluding steroid dienone is 4. The lowest BCUT2D eigenvalue weighted by Crippen LogP contribution is -2.23. The molecule has 86 valence electrons. The summed E-state index contributed by atoms with van der Waals surface area (Å²) in [5, 5.41) is 1.99. The molecule has 0 aromatic rings. The lowest BCUT2D eigenvalue weighted by Gasteiger charge is -2.20. The molecule has 2 rings (SSSR count). The molecule has 0 aromatic heterocycles. The zero-order valence-corrected chi connectivity index (χ0v) is 9.28. The van der Waals surface area contributed by atoms with Gasteiger partial charge in [0.1, 0.15) is 0 Å². The molecular weight excluding hydrogens is 291 g/mol. The second-order valence-corrected chi connectivity index (χ2v) is 4.51. The summed E-state index contributed by atoms with van der Waals surface area (Å²) in [6, 6.07) is 0. The van der Waals surface area contributed by atoms with Crippen LogP contribution in [0.5, 0.6) is 0 Å². The van der Waals surface area contributed by atoms with Gasteiger partial charge in [-0.1, -0.05) is 15.9 Å². The lowest BCUT2D eigenvalue weighted by molar-refractivity contribution is -0.136. The fraction of sp³-hybridized carbons (Fsp3) is 0.333. The zero-order chi connectivity index (χ0) is 12.1. The summed E-state index contributed by atoms with van der Waals surface area (Å²) in [7, 11) is 0. The second-order valence-electron chi connectivity index (χ2n) is 3.49. The van der Waals surface area contributed by atoms with Crippen LogP contribution in [0.1, 0.15) is 6.42 Å². The van der Waals surface area contributed by atoms with Crippen molar-refractivity contribution >= 4 is 27.6 Å². The van der Waals surface area contributed by atoms with Gasteiger partial charge >= 0.3 is 6.18 Å². The molecule has 0 bridgehead atoms. The van der Waals surface area contributed by atoms with Gasteiger partial charge in [-0.05, 0) is 17.0 Å². The van der Waals surface area contributed by atoms with Crippen molar-refractivity contribution in [3.63, 3.8) is 0 Å². The predicted octanol–water partition coefficient (Wildman–Crippen LogP) is 1.80. The Morgan fingerprint density at radius 3 is 2.56 bits per heavy atom. The zero-order valence-electron chi connectivity index (χ0n) is 7.69. The minimum atomic E-state index is -4.58. The molecule has 1 N–H and O–H groups in total. The monoisotopic (exact) mass is 295 g/mol. The third-order valence-electron chi connectivity index (χ3n) is 2.43. The van der Waals surface area contributed by atoms with Gasteiger partial charge in [0.15, 0.2) is 0 Å². The first kappa shape index (κ1) is 11.4. The number of hydrogen-bond donors (Lipinski definition) is 1. The molecule has 1 fully saturated rings. The van der Waals surface area contributed by atoms with Crippen LogP contribution in [0.15, 0.2) is 21.8 Å². The van der Waals surface area contributed by atoms with E-state index in [0.717, 1.165) is 6.08 Å². The molecule has 1 unspecified atom stereocenters. The van der Waals surface area contributed by atoms with Crippen LogP contribution in [0.2, 0.25) is 0 Å². The van der Waals surface area contributed by atoms with Crippen LogP contribution in [0.25, 0.3) is 0 Å². The highest BCUT2D eigenvalue weighted by Gasteiger charge is 2.46. The minimum Gasteiger partial charge on any atom is -0.322 e. The van der Waals surface area contributed by atoms with Crippen molar-refractivity contribution in [2.75, 3.05) is 0 Å². The van der Waals surface area contributed by atoms with Crippen LogP contribution >= 0.6 is 15.9 Å². The van der Waals surface area contributed by atoms with Crippen LogP contribution in [0.3, 0.4) is 0 Å². The first-order chi connectivity index (χ1) is 7.30. The Kier molecular flexibility index (Phi) is 2.45. The Morgan fingerprint density at radius 1 is 1.38 bits per heavy atom. The Hall–Kier alpha value is -1.11. The molecule has 0 radical (unpaired) electrons. The molecule has 1 amide bonds. The minimum absolute atomic E-state index is 0.0898. The number of carbonyl (C=O) groups is 2. The van der Waals surface area contributed by atoms with Crippen LogP contribution < -0.4 is 5.32 Å². The summed E-state index contributed by atoms with van der Waals surface area (Å²) < 4.78 is 38.1. The van der Waals surface area contributed by atoms with Gasteiger partial charge in [-0.15, -0.1) is 0 Å². The molecule has 1 atom stereocenters. The van der Waals surface area contributed by atoms with Crippen molar-refractivity contribution in [1.29, 1.82) is 0 Å². The number of amides is 1. The maximum absolute atomic E-state index is 12.6. The summed E-state index contributed by atoms with van der Waals surface area (Å²) >= 11 is 2.94. The van der Waals surface area contributed by atoms with E-state index in [0.29, 0.717) is 0 Å². The molecule has 3 nitrogen and oxygen atoms in total. The van der Waals surface area contributed by atoms with E-state index in [2.05, 4.69) is 15.9 Å². The molecule has 2 aliphatic rings. The van der Waals surface area contributed by atoms with Gasteiger partial charge in [0.2, 0.25) is 5.78 Å². The van der Waals surface area contributed by atoms with Gasteiger partial charge in [0, 0.05) is 5.70 Å². The second kappa shape index (κ2) is 3.44. The standard InChI is InChI=1S/C9H5BrF3NO2/c10-3-1-4-6(14-8(16)7(4)15)5(2-3)9(11,12)13/h2,4H,1H2,(H,14,16). The molecule has 0 spiro atoms. The molecule has 1 heterocycles. The van der Waals surface area contributed by atoms with Gasteiger partial charge in [0.25, 0.3) is 5.91 Å². The van der Waals surface area contributed by atoms with Gasteiger partial charge < -0.3 is 5.32 Å². The third kappa shape index (κ3) is 1.68. The number of hydrogen-bond acceptors (Lipinski definition) is 2. The maximum Gasteiger partial charge on any atom is 0.418 e. The summed E-state index contributed by atoms with van der Waals surface area (Å²) in [6.07, 6.45) is -3.60. The van der Waals surface area contributed by atoms with Gasteiger partial charge in [-0.2, -0.15) is 13.2 Å². The van der Waals surface area contributed by atoms with Crippen LogP contribution in [0, 0.1) is 5.92 Å². The number of halogens is 4. The maximum atomic E-state index is 12.6. The number of carbonyl (C=O) groups excluding carboxylic acids is 2. The quantitative estimate of drug-likeness (QED) is 0.693. The summed E-state index contributed by atoms with van der Waals surface area (Å²) in [4.78, 5) is 22.3. The van der Waals surface area contributed by atoms with Crippen molar-refractivity contribution in [2.24, 2.45) is 5.92 Å². The summed E-state index contributed by atoms with van der Waals surface area (Å²) in [6.45, 7) is 0. The largest absolute Gasteiger partial charge is 0.418 e. The normalized spacial score (nSPS) is 25.5. The number of nitrogens with one attached hydrogen (secondary N) is 1. The number of ketones is 1. The highest BCUT2D eigenvalue weighted by Crippen LogP contribution is 2.41. The Labute approximate surface area is 96.5 Å². The highest BCUT2D eigenvalue weighted by molar-refractivity contribution is 9.11. The highest BCUT2D eigenvalue weighted by atomic mass is 79.9. The molecular formula is C9H5BrF3NO2. The van der Waals surface area contributed by atoms with Crippen molar-refractivity contribution in [2.45, 2.75) is 12.6 Å². The summed E-state index contributed by atoms with van der Waals surface area (Å²) in [5.41, 5.74) is -1.29. The van der Waals surface area contributed by atoms with Crippen LogP contribution in [-0.4, -0.2) is 17.9 Å². The number of Topliss-reactive ketones (excluding diaryl/α,β-unsaturated/α-hetero) is 1. The van der Waals surface area contributed by atoms with E-state index in [1.165, 1.54) is 0 Å². The van der Waals surface area contributed by atoms with E-state index >= 15 is 0 Å². The van der Waals surface area contributed by atoms with Crippen molar-refractivity contribution < 1.29 is 22.8 Å². The molecule has 1 aliphatic carbocycles. The van der Waals surface area contributed by atoms with Gasteiger partial charge in [-0.25, -0.2) is 0 Å². The first-order valence-electron chi connectivity index (χ1n) is 4.33. The first-order valence-corrected chi connectivity index (χ1v) is 5.12. The van der Waals surface area contributed by atoms with Crippen LogP contribution in [0.4, 0.5) is 13.2 Å². The molecule has 1 saturated heterocycles. The number of rotatable bonds is 0. The lowest BCUT2D eigenvalue weighted by atomic mass is 9.91. The third-order valence-corrected chi connectivity index (χ3v) is 2.99. The van der Waals surface area contributed by atoms with E-state index in [1.807, 2.05) is 5.32 Å². The van der Waals surface area contributed by atoms with E-state index in [1.54, 1.807) is 0 Å². The number of fused-ring (bicyclic) bond motifs is 1. The van der Waals surface area contributed by atoms with Gasteiger partial charge in [0.05, 0.1) is 11.5 Å². The smallest absolute Gasteiger partial charge is 0.322 e. The Morgan fingerprint density at radius 2 is 2.00 bits per heavy atom. The molecule has 7 heteroatoms. The van der Waals surface area contributed by atoms with Gasteiger partial charge in [-0.3, -0.25) is 9.59 Å². The van der Waals surface area contributed by atoms with Crippen molar-refractivity contribution in [3.8, 4) is 0 Å². The molecule has 0 saturated carbocycles. The van der Waals surface area contributed by atoms with Crippen LogP contribution in [-0.2, 0) is 9.59 Å². The molecule has 1 aliphatic heterocycles.